The Morgan fingerprint density at radius 3 is 2.64 bits per heavy atom. The fraction of sp³-hybridized carbons (Fsp3) is 0.263. The van der Waals surface area contributed by atoms with Crippen molar-refractivity contribution in [1.82, 2.24) is 20.6 Å². The number of anilines is 1. The average molecular weight is 335 g/mol. The molecule has 0 aliphatic heterocycles. The molecule has 3 aromatic rings. The van der Waals surface area contributed by atoms with Crippen LogP contribution in [-0.2, 0) is 11.2 Å². The van der Waals surface area contributed by atoms with Crippen LogP contribution in [0.25, 0.3) is 0 Å². The topological polar surface area (TPSA) is 83.6 Å². The largest absolute Gasteiger partial charge is 0.325 e. The molecule has 0 spiro atoms. The van der Waals surface area contributed by atoms with E-state index in [-0.39, 0.29) is 5.91 Å². The molecule has 1 aromatic heterocycles. The fourth-order valence-corrected chi connectivity index (χ4v) is 2.78. The predicted molar refractivity (Wildman–Crippen MR) is 96.3 cm³/mol. The van der Waals surface area contributed by atoms with Crippen molar-refractivity contribution in [3.63, 3.8) is 0 Å². The van der Waals surface area contributed by atoms with Crippen LogP contribution in [0.2, 0.25) is 0 Å². The van der Waals surface area contributed by atoms with Gasteiger partial charge in [0, 0.05) is 5.69 Å². The second-order valence-corrected chi connectivity index (χ2v) is 6.32. The van der Waals surface area contributed by atoms with Gasteiger partial charge in [-0.1, -0.05) is 47.2 Å². The van der Waals surface area contributed by atoms with Crippen molar-refractivity contribution in [2.45, 2.75) is 33.1 Å². The number of rotatable bonds is 5. The Morgan fingerprint density at radius 2 is 1.92 bits per heavy atom. The molecule has 25 heavy (non-hydrogen) atoms. The van der Waals surface area contributed by atoms with E-state index in [9.17, 15) is 4.79 Å². The molecule has 0 radical (unpaired) electrons. The zero-order valence-corrected chi connectivity index (χ0v) is 14.6. The van der Waals surface area contributed by atoms with Crippen LogP contribution in [0, 0.1) is 20.8 Å². The van der Waals surface area contributed by atoms with E-state index >= 15 is 0 Å². The van der Waals surface area contributed by atoms with E-state index in [1.54, 1.807) is 0 Å². The molecule has 6 nitrogen and oxygen atoms in total. The highest BCUT2D eigenvalue weighted by molar-refractivity contribution is 5.96. The van der Waals surface area contributed by atoms with Gasteiger partial charge in [0.05, 0.1) is 0 Å². The minimum absolute atomic E-state index is 0.142. The first kappa shape index (κ1) is 16.8. The summed E-state index contributed by atoms with van der Waals surface area (Å²) < 4.78 is 0. The van der Waals surface area contributed by atoms with Gasteiger partial charge in [-0.25, -0.2) is 0 Å². The van der Waals surface area contributed by atoms with E-state index in [0.29, 0.717) is 12.2 Å². The number of nitrogens with one attached hydrogen (secondary N) is 2. The van der Waals surface area contributed by atoms with Crippen LogP contribution in [0.4, 0.5) is 5.69 Å². The summed E-state index contributed by atoms with van der Waals surface area (Å²) in [6, 6.07) is 14.1. The van der Waals surface area contributed by atoms with Gasteiger partial charge in [-0.3, -0.25) is 4.79 Å². The van der Waals surface area contributed by atoms with Crippen molar-refractivity contribution in [2.75, 3.05) is 5.32 Å². The summed E-state index contributed by atoms with van der Waals surface area (Å²) in [5.41, 5.74) is 5.13. The normalized spacial score (nSPS) is 12.0. The summed E-state index contributed by atoms with van der Waals surface area (Å²) >= 11 is 0. The maximum absolute atomic E-state index is 12.9. The minimum Gasteiger partial charge on any atom is -0.325 e. The van der Waals surface area contributed by atoms with E-state index in [4.69, 9.17) is 0 Å². The highest BCUT2D eigenvalue weighted by Gasteiger charge is 2.25. The predicted octanol–water partition coefficient (Wildman–Crippen LogP) is 3.09. The molecule has 0 aliphatic rings. The highest BCUT2D eigenvalue weighted by Crippen LogP contribution is 2.22. The first-order valence-corrected chi connectivity index (χ1v) is 8.20. The maximum atomic E-state index is 12.9. The summed E-state index contributed by atoms with van der Waals surface area (Å²) in [6.07, 6.45) is 0.512. The molecule has 0 fully saturated rings. The van der Waals surface area contributed by atoms with Crippen LogP contribution in [0.5, 0.6) is 0 Å². The van der Waals surface area contributed by atoms with Gasteiger partial charge in [-0.15, -0.1) is 10.2 Å². The van der Waals surface area contributed by atoms with Gasteiger partial charge in [-0.05, 0) is 49.9 Å². The number of aromatic amines is 1. The third-order valence-electron chi connectivity index (χ3n) is 4.16. The molecule has 128 valence electrons. The summed E-state index contributed by atoms with van der Waals surface area (Å²) in [5, 5.41) is 17.1. The van der Waals surface area contributed by atoms with Gasteiger partial charge in [0.2, 0.25) is 5.91 Å². The lowest BCUT2D eigenvalue weighted by Gasteiger charge is -2.16. The van der Waals surface area contributed by atoms with Crippen molar-refractivity contribution in [3.05, 3.63) is 70.5 Å². The molecule has 2 aromatic carbocycles. The second-order valence-electron chi connectivity index (χ2n) is 6.32. The Kier molecular flexibility index (Phi) is 4.88. The number of H-pyrrole nitrogens is 1. The lowest BCUT2D eigenvalue weighted by molar-refractivity contribution is -0.117. The molecule has 6 heteroatoms. The van der Waals surface area contributed by atoms with Crippen LogP contribution in [-0.4, -0.2) is 26.5 Å². The number of carbonyl (C=O) groups is 1. The van der Waals surface area contributed by atoms with Crippen molar-refractivity contribution >= 4 is 11.6 Å². The molecule has 0 aliphatic carbocycles. The summed E-state index contributed by atoms with van der Waals surface area (Å²) in [7, 11) is 0. The summed E-state index contributed by atoms with van der Waals surface area (Å²) in [4.78, 5) is 12.9. The molecule has 3 rings (SSSR count). The maximum Gasteiger partial charge on any atom is 0.235 e. The fourth-order valence-electron chi connectivity index (χ4n) is 2.78. The minimum atomic E-state index is -0.513. The van der Waals surface area contributed by atoms with E-state index in [0.717, 1.165) is 27.9 Å². The Labute approximate surface area is 146 Å². The number of hydrogen-bond donors (Lipinski definition) is 2. The van der Waals surface area contributed by atoms with Gasteiger partial charge in [0.15, 0.2) is 5.82 Å². The van der Waals surface area contributed by atoms with Crippen LogP contribution < -0.4 is 5.32 Å². The number of tetrazole rings is 1. The smallest absolute Gasteiger partial charge is 0.235 e. The second kappa shape index (κ2) is 7.25. The molecule has 2 N–H and O–H groups in total. The third kappa shape index (κ3) is 4.09. The standard InChI is InChI=1S/C19H21N5O/c1-12-5-4-6-15(9-12)11-16(18-21-23-24-22-18)19(25)20-17-10-13(2)7-8-14(17)3/h4-10,16H,11H2,1-3H3,(H,20,25)(H,21,22,23,24)/t16-/m0/s1. The number of aromatic nitrogens is 4. The van der Waals surface area contributed by atoms with Crippen LogP contribution in [0.3, 0.4) is 0 Å². The molecule has 0 saturated heterocycles. The molecule has 1 atom stereocenters. The Bertz CT molecular complexity index is 873. The SMILES string of the molecule is Cc1cccc(C[C@H](C(=O)Nc2cc(C)ccc2C)c2nn[nH]n2)c1. The number of aryl methyl sites for hydroxylation is 3. The monoisotopic (exact) mass is 335 g/mol. The van der Waals surface area contributed by atoms with Gasteiger partial charge in [0.1, 0.15) is 5.92 Å². The number of amides is 1. The Hall–Kier alpha value is -3.02. The van der Waals surface area contributed by atoms with Crippen molar-refractivity contribution < 1.29 is 4.79 Å². The van der Waals surface area contributed by atoms with Crippen molar-refractivity contribution in [3.8, 4) is 0 Å². The zero-order chi connectivity index (χ0) is 17.8. The molecule has 1 amide bonds. The first-order valence-electron chi connectivity index (χ1n) is 8.20. The van der Waals surface area contributed by atoms with E-state index in [1.807, 2.05) is 57.2 Å². The molecule has 0 bridgehead atoms. The van der Waals surface area contributed by atoms with E-state index in [1.165, 1.54) is 0 Å². The number of carbonyl (C=O) groups excluding carboxylic acids is 1. The van der Waals surface area contributed by atoms with Gasteiger partial charge in [0.25, 0.3) is 0 Å². The van der Waals surface area contributed by atoms with Crippen molar-refractivity contribution in [2.24, 2.45) is 0 Å². The zero-order valence-electron chi connectivity index (χ0n) is 14.6. The number of benzene rings is 2. The quantitative estimate of drug-likeness (QED) is 0.750. The van der Waals surface area contributed by atoms with Gasteiger partial charge >= 0.3 is 0 Å². The first-order chi connectivity index (χ1) is 12.0. The third-order valence-corrected chi connectivity index (χ3v) is 4.16. The van der Waals surface area contributed by atoms with Gasteiger partial charge < -0.3 is 5.32 Å². The van der Waals surface area contributed by atoms with E-state index in [2.05, 4.69) is 32.0 Å². The lowest BCUT2D eigenvalue weighted by atomic mass is 9.96. The average Bonchev–Trinajstić information content (AvgIpc) is 3.10. The van der Waals surface area contributed by atoms with Crippen LogP contribution in [0.1, 0.15) is 34.0 Å². The Balaban J connectivity index is 1.86. The lowest BCUT2D eigenvalue weighted by Crippen LogP contribution is -2.24. The molecule has 0 saturated carbocycles. The van der Waals surface area contributed by atoms with Crippen LogP contribution >= 0.6 is 0 Å². The summed E-state index contributed by atoms with van der Waals surface area (Å²) in [6.45, 7) is 6.00. The Morgan fingerprint density at radius 1 is 1.12 bits per heavy atom. The van der Waals surface area contributed by atoms with Crippen LogP contribution in [0.15, 0.2) is 42.5 Å². The number of nitrogens with zero attached hydrogens (tertiary/aromatic N) is 3. The molecular weight excluding hydrogens is 314 g/mol. The molecule has 1 heterocycles. The number of hydrogen-bond acceptors (Lipinski definition) is 4. The van der Waals surface area contributed by atoms with Crippen molar-refractivity contribution in [1.29, 1.82) is 0 Å². The molecule has 0 unspecified atom stereocenters. The van der Waals surface area contributed by atoms with E-state index < -0.39 is 5.92 Å². The highest BCUT2D eigenvalue weighted by atomic mass is 16.1. The molecular formula is C19H21N5O. The summed E-state index contributed by atoms with van der Waals surface area (Å²) in [5.74, 6) is -0.263. The van der Waals surface area contributed by atoms with Gasteiger partial charge in [-0.2, -0.15) is 5.21 Å².